The molecule has 28 heavy (non-hydrogen) atoms. The molecule has 0 aromatic carbocycles. The van der Waals surface area contributed by atoms with Crippen LogP contribution in [-0.2, 0) is 28.7 Å². The van der Waals surface area contributed by atoms with E-state index in [1.165, 1.54) is 6.42 Å². The summed E-state index contributed by atoms with van der Waals surface area (Å²) in [6.45, 7) is 2.20. The van der Waals surface area contributed by atoms with Gasteiger partial charge in [-0.2, -0.15) is 0 Å². The number of carbonyl (C=O) groups excluding carboxylic acids is 4. The molecule has 9 fully saturated rings. The summed E-state index contributed by atoms with van der Waals surface area (Å²) in [5.74, 6) is 2.67. The van der Waals surface area contributed by atoms with Crippen LogP contribution >= 0.6 is 0 Å². The summed E-state index contributed by atoms with van der Waals surface area (Å²) >= 11 is 0. The van der Waals surface area contributed by atoms with Gasteiger partial charge in [-0.1, -0.05) is 6.92 Å². The lowest BCUT2D eigenvalue weighted by atomic mass is 9.56. The van der Waals surface area contributed by atoms with Crippen molar-refractivity contribution in [3.8, 4) is 0 Å². The average Bonchev–Trinajstić information content (AvgIpc) is 3.37. The van der Waals surface area contributed by atoms with E-state index in [1.54, 1.807) is 0 Å². The Kier molecular flexibility index (Phi) is 3.47. The Morgan fingerprint density at radius 1 is 0.571 bits per heavy atom. The van der Waals surface area contributed by atoms with E-state index in [0.29, 0.717) is 29.6 Å². The van der Waals surface area contributed by atoms with E-state index < -0.39 is 0 Å². The smallest absolute Gasteiger partial charge is 0.317 e. The topological polar surface area (TPSA) is 86.7 Å². The van der Waals surface area contributed by atoms with Gasteiger partial charge in [0.05, 0.1) is 23.7 Å². The quantitative estimate of drug-likeness (QED) is 0.469. The largest absolute Gasteiger partial charge is 0.393 e. The second kappa shape index (κ2) is 5.67. The molecule has 0 amide bonds. The summed E-state index contributed by atoms with van der Waals surface area (Å²) in [4.78, 5) is 46.0. The molecule has 6 nitrogen and oxygen atoms in total. The number of hydrogen-bond acceptors (Lipinski definition) is 6. The average molecular weight is 386 g/mol. The Bertz CT molecular complexity index is 728. The number of hydrogen-bond donors (Lipinski definition) is 0. The summed E-state index contributed by atoms with van der Waals surface area (Å²) < 4.78 is 9.54. The van der Waals surface area contributed by atoms with Gasteiger partial charge in [-0.15, -0.1) is 0 Å². The van der Waals surface area contributed by atoms with Crippen molar-refractivity contribution in [3.05, 3.63) is 0 Å². The van der Waals surface area contributed by atoms with Gasteiger partial charge in [0.15, 0.2) is 0 Å². The van der Waals surface area contributed by atoms with Crippen LogP contribution < -0.4 is 0 Å². The van der Waals surface area contributed by atoms with Gasteiger partial charge < -0.3 is 9.47 Å². The third-order valence-electron chi connectivity index (χ3n) is 9.26. The van der Waals surface area contributed by atoms with Crippen molar-refractivity contribution >= 4 is 23.9 Å². The molecule has 9 rings (SSSR count). The summed E-state index contributed by atoms with van der Waals surface area (Å²) in [6, 6.07) is 0. The molecule has 0 aromatic rings. The number of rotatable bonds is 0. The normalized spacial score (nSPS) is 54.2. The standard InChI is InChI=1S/C11H12O3.C11H14O3/c12-10-8-4-1-2-5(7-3-6(4)7)9(8)11(13)14-10;1-5-4-6-2-3-7(5)9-8(6)10(12)14-11(9)13/h4-9H,1-3H2;5-9H,2-4H2,1H3/t4?,5?,6?,7?,8-,9+;5-,6?,7?,8+,9-/m.1/s1. The van der Waals surface area contributed by atoms with Crippen molar-refractivity contribution in [1.82, 2.24) is 0 Å². The fraction of sp³-hybridized carbons (Fsp3) is 0.818. The summed E-state index contributed by atoms with van der Waals surface area (Å²) in [5, 5.41) is 0. The SMILES string of the molecule is C[C@@H]1CC2CCC1[C@H]1C(=O)OC(=O)[C@@H]21.O=C1OC(=O)[C@H]2C3CCC(C4CC43)[C@@H]12. The molecule has 9 aliphatic rings. The lowest BCUT2D eigenvalue weighted by molar-refractivity contribution is -0.155. The van der Waals surface area contributed by atoms with Crippen LogP contribution in [0.15, 0.2) is 0 Å². The molecular formula is C22H26O6. The molecule has 0 N–H and O–H groups in total. The zero-order valence-corrected chi connectivity index (χ0v) is 16.0. The molecule has 2 heterocycles. The molecule has 2 saturated heterocycles. The van der Waals surface area contributed by atoms with Crippen molar-refractivity contribution in [3.63, 3.8) is 0 Å². The molecular weight excluding hydrogens is 360 g/mol. The summed E-state index contributed by atoms with van der Waals surface area (Å²) in [6.07, 6.45) is 6.88. The molecule has 0 radical (unpaired) electrons. The Hall–Kier alpha value is -1.72. The Morgan fingerprint density at radius 3 is 1.57 bits per heavy atom. The highest BCUT2D eigenvalue weighted by Gasteiger charge is 2.68. The van der Waals surface area contributed by atoms with E-state index in [9.17, 15) is 19.2 Å². The first-order valence-electron chi connectivity index (χ1n) is 11.0. The van der Waals surface area contributed by atoms with Crippen LogP contribution in [0.2, 0.25) is 0 Å². The zero-order chi connectivity index (χ0) is 19.3. The minimum atomic E-state index is -0.249. The van der Waals surface area contributed by atoms with Crippen LogP contribution in [0.1, 0.15) is 45.4 Å². The maximum absolute atomic E-state index is 11.5. The maximum atomic E-state index is 11.5. The van der Waals surface area contributed by atoms with Crippen molar-refractivity contribution in [2.45, 2.75) is 45.4 Å². The van der Waals surface area contributed by atoms with Crippen LogP contribution in [0.4, 0.5) is 0 Å². The first-order valence-corrected chi connectivity index (χ1v) is 11.0. The first kappa shape index (κ1) is 17.2. The maximum Gasteiger partial charge on any atom is 0.317 e. The molecule has 2 aliphatic heterocycles. The minimum absolute atomic E-state index is 0.0509. The Balaban J connectivity index is 0.000000111. The van der Waals surface area contributed by atoms with Gasteiger partial charge in [-0.25, -0.2) is 0 Å². The number of carbonyl (C=O) groups is 4. The zero-order valence-electron chi connectivity index (χ0n) is 16.0. The third-order valence-corrected chi connectivity index (χ3v) is 9.26. The van der Waals surface area contributed by atoms with Crippen LogP contribution in [-0.4, -0.2) is 23.9 Å². The minimum Gasteiger partial charge on any atom is -0.393 e. The van der Waals surface area contributed by atoms with Gasteiger partial charge in [-0.3, -0.25) is 19.2 Å². The van der Waals surface area contributed by atoms with Crippen molar-refractivity contribution < 1.29 is 28.7 Å². The van der Waals surface area contributed by atoms with Crippen LogP contribution in [0.3, 0.4) is 0 Å². The summed E-state index contributed by atoms with van der Waals surface area (Å²) in [7, 11) is 0. The monoisotopic (exact) mass is 386 g/mol. The van der Waals surface area contributed by atoms with Crippen LogP contribution in [0.5, 0.6) is 0 Å². The Labute approximate surface area is 163 Å². The van der Waals surface area contributed by atoms with Crippen LogP contribution in [0.25, 0.3) is 0 Å². The van der Waals surface area contributed by atoms with Gasteiger partial charge in [0.1, 0.15) is 0 Å². The molecule has 0 spiro atoms. The van der Waals surface area contributed by atoms with E-state index in [2.05, 4.69) is 6.92 Å². The second-order valence-electron chi connectivity index (χ2n) is 10.3. The van der Waals surface area contributed by atoms with E-state index >= 15 is 0 Å². The van der Waals surface area contributed by atoms with Gasteiger partial charge in [0, 0.05) is 0 Å². The van der Waals surface area contributed by atoms with Gasteiger partial charge in [-0.05, 0) is 80.0 Å². The molecule has 7 aliphatic carbocycles. The molecule has 4 bridgehead atoms. The highest BCUT2D eigenvalue weighted by Crippen LogP contribution is 2.67. The fourth-order valence-electron chi connectivity index (χ4n) is 8.11. The van der Waals surface area contributed by atoms with Crippen molar-refractivity contribution in [2.24, 2.45) is 65.1 Å². The van der Waals surface area contributed by atoms with E-state index in [-0.39, 0.29) is 47.5 Å². The van der Waals surface area contributed by atoms with E-state index in [1.807, 2.05) is 0 Å². The number of ether oxygens (including phenoxy) is 2. The molecule has 150 valence electrons. The van der Waals surface area contributed by atoms with Crippen LogP contribution in [0, 0.1) is 65.1 Å². The molecule has 0 aromatic heterocycles. The number of esters is 4. The molecule has 7 saturated carbocycles. The molecule has 6 unspecified atom stereocenters. The van der Waals surface area contributed by atoms with Gasteiger partial charge in [0.25, 0.3) is 0 Å². The fourth-order valence-corrected chi connectivity index (χ4v) is 8.11. The van der Waals surface area contributed by atoms with Gasteiger partial charge in [0.2, 0.25) is 0 Å². The number of cyclic esters (lactones) is 4. The van der Waals surface area contributed by atoms with Crippen molar-refractivity contribution in [1.29, 1.82) is 0 Å². The van der Waals surface area contributed by atoms with Gasteiger partial charge >= 0.3 is 23.9 Å². The Morgan fingerprint density at radius 2 is 1.04 bits per heavy atom. The predicted octanol–water partition coefficient (Wildman–Crippen LogP) is 2.35. The number of fused-ring (bicyclic) bond motifs is 3. The highest BCUT2D eigenvalue weighted by atomic mass is 16.6. The molecule has 11 atom stereocenters. The van der Waals surface area contributed by atoms with E-state index in [0.717, 1.165) is 43.9 Å². The highest BCUT2D eigenvalue weighted by molar-refractivity contribution is 5.98. The molecule has 6 heteroatoms. The third kappa shape index (κ3) is 2.15. The first-order chi connectivity index (χ1) is 13.5. The lowest BCUT2D eigenvalue weighted by Gasteiger charge is -2.46. The van der Waals surface area contributed by atoms with E-state index in [4.69, 9.17) is 9.47 Å². The second-order valence-corrected chi connectivity index (χ2v) is 10.3. The summed E-state index contributed by atoms with van der Waals surface area (Å²) in [5.41, 5.74) is 0. The van der Waals surface area contributed by atoms with Crippen molar-refractivity contribution in [2.75, 3.05) is 0 Å². The predicted molar refractivity (Wildman–Crippen MR) is 94.0 cm³/mol. The lowest BCUT2D eigenvalue weighted by Crippen LogP contribution is -2.45.